The molecule has 0 aliphatic rings. The lowest BCUT2D eigenvalue weighted by Crippen LogP contribution is -3.00. The number of rotatable bonds is 2. The molecule has 2 rings (SSSR count). The summed E-state index contributed by atoms with van der Waals surface area (Å²) in [5, 5.41) is 0. The molecule has 0 heterocycles. The van der Waals surface area contributed by atoms with Crippen molar-refractivity contribution in [3.8, 4) is 0 Å². The summed E-state index contributed by atoms with van der Waals surface area (Å²) in [6.07, 6.45) is 0. The first-order valence-corrected chi connectivity index (χ1v) is 5.22. The van der Waals surface area contributed by atoms with Gasteiger partial charge in [0.05, 0.1) is 0 Å². The molecule has 0 amide bonds. The lowest BCUT2D eigenvalue weighted by molar-refractivity contribution is -0.411. The van der Waals surface area contributed by atoms with Crippen LogP contribution in [0, 0.1) is 6.92 Å². The van der Waals surface area contributed by atoms with E-state index in [0.29, 0.717) is 0 Å². The quantitative estimate of drug-likeness (QED) is 0.713. The highest BCUT2D eigenvalue weighted by atomic mass is 35.5. The molecule has 0 spiro atoms. The minimum absolute atomic E-state index is 0. The fourth-order valence-corrected chi connectivity index (χ4v) is 1.84. The van der Waals surface area contributed by atoms with Crippen LogP contribution in [0.2, 0.25) is 0 Å². The Bertz CT molecular complexity index is 439. The highest BCUT2D eigenvalue weighted by Gasteiger charge is 2.13. The molecule has 0 radical (unpaired) electrons. The maximum atomic E-state index is 4.24. The molecule has 0 saturated heterocycles. The molecular formula is C14H16ClN. The maximum Gasteiger partial charge on any atom is 0.136 e. The Morgan fingerprint density at radius 2 is 1.44 bits per heavy atom. The minimum Gasteiger partial charge on any atom is -1.00 e. The molecule has 16 heavy (non-hydrogen) atoms. The Balaban J connectivity index is 0.00000128. The average molecular weight is 234 g/mol. The molecule has 0 aromatic heterocycles. The van der Waals surface area contributed by atoms with Crippen LogP contribution in [0.5, 0.6) is 0 Å². The molecule has 3 N–H and O–H groups in total. The summed E-state index contributed by atoms with van der Waals surface area (Å²) in [5.74, 6) is 0. The Morgan fingerprint density at radius 3 is 2.06 bits per heavy atom. The highest BCUT2D eigenvalue weighted by molar-refractivity contribution is 5.34. The summed E-state index contributed by atoms with van der Waals surface area (Å²) in [6, 6.07) is 19.1. The normalized spacial score (nSPS) is 11.6. The van der Waals surface area contributed by atoms with Gasteiger partial charge >= 0.3 is 0 Å². The van der Waals surface area contributed by atoms with Crippen molar-refractivity contribution < 1.29 is 18.1 Å². The van der Waals surface area contributed by atoms with Crippen LogP contribution in [0.25, 0.3) is 0 Å². The predicted molar refractivity (Wildman–Crippen MR) is 62.4 cm³/mol. The van der Waals surface area contributed by atoms with E-state index < -0.39 is 0 Å². The largest absolute Gasteiger partial charge is 1.00 e. The molecule has 0 saturated carbocycles. The van der Waals surface area contributed by atoms with E-state index in [0.717, 1.165) is 0 Å². The van der Waals surface area contributed by atoms with E-state index >= 15 is 0 Å². The Labute approximate surface area is 103 Å². The zero-order chi connectivity index (χ0) is 10.7. The van der Waals surface area contributed by atoms with Crippen LogP contribution in [-0.2, 0) is 0 Å². The van der Waals surface area contributed by atoms with Crippen molar-refractivity contribution in [2.24, 2.45) is 0 Å². The van der Waals surface area contributed by atoms with Gasteiger partial charge in [0.1, 0.15) is 6.04 Å². The van der Waals surface area contributed by atoms with Gasteiger partial charge in [0.15, 0.2) is 0 Å². The Morgan fingerprint density at radius 1 is 0.875 bits per heavy atom. The van der Waals surface area contributed by atoms with Crippen LogP contribution in [0.15, 0.2) is 54.6 Å². The number of halogens is 1. The summed E-state index contributed by atoms with van der Waals surface area (Å²) in [5.41, 5.74) is 8.13. The monoisotopic (exact) mass is 233 g/mol. The lowest BCUT2D eigenvalue weighted by Gasteiger charge is -2.11. The van der Waals surface area contributed by atoms with Gasteiger partial charge in [-0.05, 0) is 12.5 Å². The first-order valence-electron chi connectivity index (χ1n) is 5.22. The van der Waals surface area contributed by atoms with Crippen molar-refractivity contribution in [3.05, 3.63) is 71.3 Å². The zero-order valence-electron chi connectivity index (χ0n) is 9.36. The molecular weight excluding hydrogens is 218 g/mol. The van der Waals surface area contributed by atoms with Crippen molar-refractivity contribution in [3.63, 3.8) is 0 Å². The number of benzene rings is 2. The van der Waals surface area contributed by atoms with Crippen LogP contribution in [0.4, 0.5) is 0 Å². The molecule has 2 aromatic rings. The first kappa shape index (κ1) is 12.8. The summed E-state index contributed by atoms with van der Waals surface area (Å²) < 4.78 is 0. The number of aryl methyl sites for hydroxylation is 1. The van der Waals surface area contributed by atoms with E-state index in [9.17, 15) is 0 Å². The zero-order valence-corrected chi connectivity index (χ0v) is 10.1. The van der Waals surface area contributed by atoms with E-state index in [1.807, 2.05) is 6.07 Å². The van der Waals surface area contributed by atoms with E-state index in [2.05, 4.69) is 61.2 Å². The van der Waals surface area contributed by atoms with Gasteiger partial charge in [-0.2, -0.15) is 0 Å². The fourth-order valence-electron chi connectivity index (χ4n) is 1.84. The number of quaternary nitrogens is 1. The second-order valence-electron chi connectivity index (χ2n) is 3.82. The van der Waals surface area contributed by atoms with Gasteiger partial charge in [0.2, 0.25) is 0 Å². The van der Waals surface area contributed by atoms with Gasteiger partial charge < -0.3 is 18.1 Å². The van der Waals surface area contributed by atoms with Crippen LogP contribution in [-0.4, -0.2) is 0 Å². The Hall–Kier alpha value is -1.31. The van der Waals surface area contributed by atoms with Crippen LogP contribution in [0.1, 0.15) is 22.7 Å². The van der Waals surface area contributed by atoms with Crippen molar-refractivity contribution in [1.29, 1.82) is 0 Å². The van der Waals surface area contributed by atoms with Gasteiger partial charge in [-0.25, -0.2) is 0 Å². The molecule has 1 unspecified atom stereocenters. The van der Waals surface area contributed by atoms with Gasteiger partial charge in [0.25, 0.3) is 0 Å². The SMILES string of the molecule is Cc1ccccc1C([NH3+])c1ccccc1.[Cl-]. The molecule has 0 aliphatic carbocycles. The molecule has 1 nitrogen and oxygen atoms in total. The standard InChI is InChI=1S/C14H15N.ClH/c1-11-7-5-6-10-13(11)14(15)12-8-3-2-4-9-12;/h2-10,14H,15H2,1H3;1H. The van der Waals surface area contributed by atoms with Crippen molar-refractivity contribution >= 4 is 0 Å². The molecule has 2 heteroatoms. The third kappa shape index (κ3) is 2.63. The van der Waals surface area contributed by atoms with Crippen LogP contribution in [0.3, 0.4) is 0 Å². The van der Waals surface area contributed by atoms with Gasteiger partial charge in [-0.15, -0.1) is 0 Å². The topological polar surface area (TPSA) is 27.6 Å². The lowest BCUT2D eigenvalue weighted by atomic mass is 9.96. The molecule has 2 aromatic carbocycles. The van der Waals surface area contributed by atoms with E-state index in [1.165, 1.54) is 16.7 Å². The third-order valence-corrected chi connectivity index (χ3v) is 2.77. The molecule has 0 bridgehead atoms. The summed E-state index contributed by atoms with van der Waals surface area (Å²) in [4.78, 5) is 0. The molecule has 1 atom stereocenters. The van der Waals surface area contributed by atoms with Crippen molar-refractivity contribution in [1.82, 2.24) is 0 Å². The van der Waals surface area contributed by atoms with Gasteiger partial charge in [-0.1, -0.05) is 54.6 Å². The second-order valence-corrected chi connectivity index (χ2v) is 3.82. The minimum atomic E-state index is 0. The smallest absolute Gasteiger partial charge is 0.136 e. The molecule has 84 valence electrons. The number of hydrogen-bond acceptors (Lipinski definition) is 0. The first-order chi connectivity index (χ1) is 7.29. The second kappa shape index (κ2) is 5.69. The van der Waals surface area contributed by atoms with Crippen LogP contribution < -0.4 is 18.1 Å². The number of hydrogen-bond donors (Lipinski definition) is 1. The summed E-state index contributed by atoms with van der Waals surface area (Å²) in [6.45, 7) is 2.14. The van der Waals surface area contributed by atoms with Crippen molar-refractivity contribution in [2.45, 2.75) is 13.0 Å². The predicted octanol–water partition coefficient (Wildman–Crippen LogP) is -0.670. The van der Waals surface area contributed by atoms with E-state index in [4.69, 9.17) is 0 Å². The third-order valence-electron chi connectivity index (χ3n) is 2.77. The molecule has 0 aliphatic heterocycles. The highest BCUT2D eigenvalue weighted by Crippen LogP contribution is 2.20. The Kier molecular flexibility index (Phi) is 4.53. The van der Waals surface area contributed by atoms with Gasteiger partial charge in [-0.3, -0.25) is 0 Å². The van der Waals surface area contributed by atoms with E-state index in [-0.39, 0.29) is 18.4 Å². The molecule has 0 fully saturated rings. The van der Waals surface area contributed by atoms with Gasteiger partial charge in [0, 0.05) is 11.1 Å². The average Bonchev–Trinajstić information content (AvgIpc) is 2.30. The van der Waals surface area contributed by atoms with E-state index in [1.54, 1.807) is 0 Å². The fraction of sp³-hybridized carbons (Fsp3) is 0.143. The summed E-state index contributed by atoms with van der Waals surface area (Å²) in [7, 11) is 0. The maximum absolute atomic E-state index is 4.24. The van der Waals surface area contributed by atoms with Crippen LogP contribution >= 0.6 is 0 Å². The summed E-state index contributed by atoms with van der Waals surface area (Å²) >= 11 is 0. The van der Waals surface area contributed by atoms with Crippen molar-refractivity contribution in [2.75, 3.05) is 0 Å².